The molecule has 0 unspecified atom stereocenters. The normalized spacial score (nSPS) is 10.1. The number of H-pyrrole nitrogens is 1. The number of rotatable bonds is 3. The van der Waals surface area contributed by atoms with E-state index in [-0.39, 0.29) is 11.9 Å². The highest BCUT2D eigenvalue weighted by molar-refractivity contribution is 6.03. The quantitative estimate of drug-likeness (QED) is 0.803. The Balaban J connectivity index is 2.09. The van der Waals surface area contributed by atoms with Crippen molar-refractivity contribution in [3.05, 3.63) is 35.4 Å². The minimum absolute atomic E-state index is 0.171. The Morgan fingerprint density at radius 3 is 2.69 bits per heavy atom. The molecule has 0 atom stereocenters. The molecule has 0 aliphatic heterocycles. The predicted molar refractivity (Wildman–Crippen MR) is 58.0 cm³/mol. The molecular formula is C10H11N5O. The Hall–Kier alpha value is -2.24. The van der Waals surface area contributed by atoms with Crippen LogP contribution in [0.1, 0.15) is 22.8 Å². The zero-order chi connectivity index (χ0) is 11.4. The fourth-order valence-corrected chi connectivity index (χ4v) is 1.28. The highest BCUT2D eigenvalue weighted by Gasteiger charge is 2.07. The molecule has 0 bridgehead atoms. The van der Waals surface area contributed by atoms with Crippen molar-refractivity contribution in [1.29, 1.82) is 0 Å². The van der Waals surface area contributed by atoms with Crippen LogP contribution in [0.2, 0.25) is 0 Å². The van der Waals surface area contributed by atoms with Gasteiger partial charge in [-0.3, -0.25) is 10.1 Å². The molecule has 6 heteroatoms. The second-order valence-corrected chi connectivity index (χ2v) is 3.24. The highest BCUT2D eigenvalue weighted by atomic mass is 16.1. The third kappa shape index (κ3) is 2.22. The lowest BCUT2D eigenvalue weighted by molar-refractivity contribution is 0.102. The molecule has 82 valence electrons. The number of nitrogens with zero attached hydrogens (tertiary/aromatic N) is 3. The monoisotopic (exact) mass is 217 g/mol. The molecule has 1 aromatic carbocycles. The second-order valence-electron chi connectivity index (χ2n) is 3.24. The van der Waals surface area contributed by atoms with Gasteiger partial charge < -0.3 is 0 Å². The van der Waals surface area contributed by atoms with Crippen LogP contribution in [0.4, 0.5) is 5.95 Å². The van der Waals surface area contributed by atoms with Gasteiger partial charge in [-0.25, -0.2) is 0 Å². The van der Waals surface area contributed by atoms with Crippen molar-refractivity contribution >= 4 is 11.9 Å². The maximum absolute atomic E-state index is 11.7. The summed E-state index contributed by atoms with van der Waals surface area (Å²) < 4.78 is 0. The van der Waals surface area contributed by atoms with Gasteiger partial charge in [0.15, 0.2) is 0 Å². The molecule has 1 heterocycles. The molecule has 2 N–H and O–H groups in total. The van der Waals surface area contributed by atoms with E-state index in [9.17, 15) is 4.79 Å². The number of hydrogen-bond donors (Lipinski definition) is 2. The molecular weight excluding hydrogens is 206 g/mol. The van der Waals surface area contributed by atoms with E-state index in [4.69, 9.17) is 0 Å². The molecule has 0 spiro atoms. The highest BCUT2D eigenvalue weighted by Crippen LogP contribution is 2.06. The number of carbonyl (C=O) groups excluding carboxylic acids is 1. The third-order valence-corrected chi connectivity index (χ3v) is 2.20. The van der Waals surface area contributed by atoms with Crippen molar-refractivity contribution in [2.24, 2.45) is 0 Å². The first kappa shape index (κ1) is 10.3. The van der Waals surface area contributed by atoms with Gasteiger partial charge in [0.1, 0.15) is 0 Å². The summed E-state index contributed by atoms with van der Waals surface area (Å²) in [4.78, 5) is 11.7. The Kier molecular flexibility index (Phi) is 2.90. The molecule has 0 aliphatic rings. The number of aromatic nitrogens is 4. The van der Waals surface area contributed by atoms with Gasteiger partial charge in [-0.2, -0.15) is 5.21 Å². The summed E-state index contributed by atoms with van der Waals surface area (Å²) in [6, 6.07) is 7.39. The largest absolute Gasteiger partial charge is 0.288 e. The van der Waals surface area contributed by atoms with Gasteiger partial charge in [0.25, 0.3) is 11.9 Å². The van der Waals surface area contributed by atoms with E-state index in [0.29, 0.717) is 5.56 Å². The average Bonchev–Trinajstić information content (AvgIpc) is 2.82. The summed E-state index contributed by atoms with van der Waals surface area (Å²) in [7, 11) is 0. The summed E-state index contributed by atoms with van der Waals surface area (Å²) in [6.07, 6.45) is 0.951. The number of carbonyl (C=O) groups is 1. The van der Waals surface area contributed by atoms with Crippen LogP contribution in [-0.2, 0) is 6.42 Å². The van der Waals surface area contributed by atoms with Gasteiger partial charge >= 0.3 is 0 Å². The molecule has 0 aliphatic carbocycles. The molecule has 0 saturated carbocycles. The van der Waals surface area contributed by atoms with E-state index in [1.807, 2.05) is 12.1 Å². The smallest absolute Gasteiger partial charge is 0.270 e. The third-order valence-electron chi connectivity index (χ3n) is 2.20. The van der Waals surface area contributed by atoms with Crippen molar-refractivity contribution in [2.75, 3.05) is 5.32 Å². The van der Waals surface area contributed by atoms with Crippen LogP contribution < -0.4 is 5.32 Å². The van der Waals surface area contributed by atoms with Crippen LogP contribution in [0.25, 0.3) is 0 Å². The molecule has 0 saturated heterocycles. The first-order valence-corrected chi connectivity index (χ1v) is 4.93. The van der Waals surface area contributed by atoms with E-state index in [0.717, 1.165) is 6.42 Å². The molecule has 6 nitrogen and oxygen atoms in total. The summed E-state index contributed by atoms with van der Waals surface area (Å²) >= 11 is 0. The summed E-state index contributed by atoms with van der Waals surface area (Å²) in [5.74, 6) is -0.0754. The van der Waals surface area contributed by atoms with Crippen LogP contribution >= 0.6 is 0 Å². The van der Waals surface area contributed by atoms with Gasteiger partial charge in [-0.05, 0) is 29.3 Å². The van der Waals surface area contributed by atoms with Gasteiger partial charge in [-0.1, -0.05) is 24.2 Å². The lowest BCUT2D eigenvalue weighted by Gasteiger charge is -2.01. The fraction of sp³-hybridized carbons (Fsp3) is 0.200. The Morgan fingerprint density at radius 1 is 1.38 bits per heavy atom. The minimum atomic E-state index is -0.246. The van der Waals surface area contributed by atoms with E-state index in [1.54, 1.807) is 12.1 Å². The van der Waals surface area contributed by atoms with E-state index >= 15 is 0 Å². The lowest BCUT2D eigenvalue weighted by Crippen LogP contribution is -2.12. The van der Waals surface area contributed by atoms with Crippen molar-refractivity contribution in [1.82, 2.24) is 20.6 Å². The number of nitrogens with one attached hydrogen (secondary N) is 2. The summed E-state index contributed by atoms with van der Waals surface area (Å²) in [5, 5.41) is 15.4. The van der Waals surface area contributed by atoms with Crippen LogP contribution in [0.5, 0.6) is 0 Å². The van der Waals surface area contributed by atoms with Crippen LogP contribution in [0.3, 0.4) is 0 Å². The molecule has 2 aromatic rings. The van der Waals surface area contributed by atoms with Crippen molar-refractivity contribution in [3.8, 4) is 0 Å². The lowest BCUT2D eigenvalue weighted by atomic mass is 10.1. The first-order chi connectivity index (χ1) is 7.79. The second kappa shape index (κ2) is 4.52. The van der Waals surface area contributed by atoms with Crippen LogP contribution in [0.15, 0.2) is 24.3 Å². The minimum Gasteiger partial charge on any atom is -0.288 e. The van der Waals surface area contributed by atoms with Crippen LogP contribution in [0, 0.1) is 0 Å². The Bertz CT molecular complexity index is 462. The molecule has 0 fully saturated rings. The first-order valence-electron chi connectivity index (χ1n) is 4.93. The summed E-state index contributed by atoms with van der Waals surface area (Å²) in [5.41, 5.74) is 1.76. The van der Waals surface area contributed by atoms with Crippen molar-refractivity contribution in [3.63, 3.8) is 0 Å². The van der Waals surface area contributed by atoms with Crippen LogP contribution in [-0.4, -0.2) is 26.5 Å². The van der Waals surface area contributed by atoms with Gasteiger partial charge in [0.05, 0.1) is 0 Å². The molecule has 1 aromatic heterocycles. The molecule has 1 amide bonds. The number of tetrazole rings is 1. The summed E-state index contributed by atoms with van der Waals surface area (Å²) in [6.45, 7) is 2.06. The Labute approximate surface area is 92.1 Å². The van der Waals surface area contributed by atoms with Crippen molar-refractivity contribution < 1.29 is 4.79 Å². The topological polar surface area (TPSA) is 83.6 Å². The zero-order valence-corrected chi connectivity index (χ0v) is 8.77. The molecule has 0 radical (unpaired) electrons. The zero-order valence-electron chi connectivity index (χ0n) is 8.77. The maximum atomic E-state index is 11.7. The number of aryl methyl sites for hydroxylation is 1. The van der Waals surface area contributed by atoms with Gasteiger partial charge in [0.2, 0.25) is 0 Å². The number of hydrogen-bond acceptors (Lipinski definition) is 4. The van der Waals surface area contributed by atoms with E-state index in [2.05, 4.69) is 32.9 Å². The van der Waals surface area contributed by atoms with Gasteiger partial charge in [0, 0.05) is 5.56 Å². The molecule has 16 heavy (non-hydrogen) atoms. The SMILES string of the molecule is CCc1ccc(C(=O)Nc2nn[nH]n2)cc1. The average molecular weight is 217 g/mol. The maximum Gasteiger partial charge on any atom is 0.270 e. The standard InChI is InChI=1S/C10H11N5O/c1-2-7-3-5-8(6-4-7)9(16)11-10-12-14-15-13-10/h3-6H,2H2,1H3,(H2,11,12,13,14,15,16). The number of aromatic amines is 1. The van der Waals surface area contributed by atoms with Crippen molar-refractivity contribution in [2.45, 2.75) is 13.3 Å². The fourth-order valence-electron chi connectivity index (χ4n) is 1.28. The molecule has 2 rings (SSSR count). The van der Waals surface area contributed by atoms with E-state index in [1.165, 1.54) is 5.56 Å². The number of benzene rings is 1. The number of amides is 1. The van der Waals surface area contributed by atoms with E-state index < -0.39 is 0 Å². The van der Waals surface area contributed by atoms with Gasteiger partial charge in [-0.15, -0.1) is 5.10 Å². The number of anilines is 1. The Morgan fingerprint density at radius 2 is 2.12 bits per heavy atom. The predicted octanol–water partition coefficient (Wildman–Crippen LogP) is 1.01.